The fourth-order valence-electron chi connectivity index (χ4n) is 2.57. The van der Waals surface area contributed by atoms with E-state index in [2.05, 4.69) is 24.0 Å². The molecule has 1 aliphatic carbocycles. The topological polar surface area (TPSA) is 46.3 Å². The van der Waals surface area contributed by atoms with Crippen LogP contribution in [0.15, 0.2) is 30.3 Å². The van der Waals surface area contributed by atoms with Gasteiger partial charge in [-0.1, -0.05) is 30.3 Å². The van der Waals surface area contributed by atoms with E-state index in [1.54, 1.807) is 0 Å². The number of rotatable bonds is 7. The van der Waals surface area contributed by atoms with E-state index in [0.717, 1.165) is 13.0 Å². The standard InChI is InChI=1S/C17H26N2O.ClH/c1-13(18)8-11-17(20)19(14(2)16-9-10-16)12-15-6-4-3-5-7-15;/h3-7,13-14,16H,8-12,18H2,1-2H3;1H. The zero-order valence-electron chi connectivity index (χ0n) is 13.0. The van der Waals surface area contributed by atoms with Gasteiger partial charge in [0.2, 0.25) is 5.91 Å². The smallest absolute Gasteiger partial charge is 0.223 e. The number of amides is 1. The van der Waals surface area contributed by atoms with Crippen LogP contribution >= 0.6 is 12.4 Å². The molecule has 1 fully saturated rings. The van der Waals surface area contributed by atoms with Crippen LogP contribution in [0.25, 0.3) is 0 Å². The molecule has 2 rings (SSSR count). The second-order valence-corrected chi connectivity index (χ2v) is 6.10. The maximum Gasteiger partial charge on any atom is 0.223 e. The first-order valence-corrected chi connectivity index (χ1v) is 7.67. The third kappa shape index (κ3) is 5.68. The minimum Gasteiger partial charge on any atom is -0.335 e. The number of carbonyl (C=O) groups excluding carboxylic acids is 1. The molecule has 118 valence electrons. The van der Waals surface area contributed by atoms with Crippen molar-refractivity contribution in [3.63, 3.8) is 0 Å². The molecule has 1 aliphatic rings. The number of benzene rings is 1. The molecule has 2 N–H and O–H groups in total. The Labute approximate surface area is 134 Å². The summed E-state index contributed by atoms with van der Waals surface area (Å²) in [7, 11) is 0. The van der Waals surface area contributed by atoms with Crippen LogP contribution in [0.5, 0.6) is 0 Å². The number of nitrogens with zero attached hydrogens (tertiary/aromatic N) is 1. The van der Waals surface area contributed by atoms with Gasteiger partial charge in [0.25, 0.3) is 0 Å². The van der Waals surface area contributed by atoms with Crippen molar-refractivity contribution in [1.82, 2.24) is 4.90 Å². The van der Waals surface area contributed by atoms with Crippen molar-refractivity contribution in [2.45, 2.75) is 58.2 Å². The molecule has 21 heavy (non-hydrogen) atoms. The molecule has 2 unspecified atom stereocenters. The Morgan fingerprint density at radius 2 is 1.90 bits per heavy atom. The maximum absolute atomic E-state index is 12.5. The molecule has 0 spiro atoms. The van der Waals surface area contributed by atoms with E-state index >= 15 is 0 Å². The van der Waals surface area contributed by atoms with Crippen LogP contribution in [-0.4, -0.2) is 22.9 Å². The third-order valence-electron chi connectivity index (χ3n) is 4.13. The van der Waals surface area contributed by atoms with E-state index in [0.29, 0.717) is 18.4 Å². The fourth-order valence-corrected chi connectivity index (χ4v) is 2.57. The van der Waals surface area contributed by atoms with Crippen LogP contribution in [0.4, 0.5) is 0 Å². The van der Waals surface area contributed by atoms with Crippen LogP contribution in [0.2, 0.25) is 0 Å². The van der Waals surface area contributed by atoms with Gasteiger partial charge in [-0.15, -0.1) is 12.4 Å². The highest BCUT2D eigenvalue weighted by Gasteiger charge is 2.34. The molecule has 1 aromatic carbocycles. The summed E-state index contributed by atoms with van der Waals surface area (Å²) in [5, 5.41) is 0. The van der Waals surface area contributed by atoms with Crippen molar-refractivity contribution in [2.75, 3.05) is 0 Å². The van der Waals surface area contributed by atoms with Gasteiger partial charge in [0.05, 0.1) is 0 Å². The molecule has 0 bridgehead atoms. The number of hydrogen-bond donors (Lipinski definition) is 1. The lowest BCUT2D eigenvalue weighted by molar-refractivity contribution is -0.134. The van der Waals surface area contributed by atoms with Gasteiger partial charge in [-0.2, -0.15) is 0 Å². The quantitative estimate of drug-likeness (QED) is 0.839. The molecule has 0 radical (unpaired) electrons. The van der Waals surface area contributed by atoms with E-state index in [1.165, 1.54) is 18.4 Å². The first kappa shape index (κ1) is 18.0. The van der Waals surface area contributed by atoms with Crippen molar-refractivity contribution in [3.05, 3.63) is 35.9 Å². The number of halogens is 1. The Balaban J connectivity index is 0.00000220. The molecule has 3 nitrogen and oxygen atoms in total. The normalized spacial score (nSPS) is 16.7. The molecule has 0 saturated heterocycles. The summed E-state index contributed by atoms with van der Waals surface area (Å²) in [4.78, 5) is 14.5. The predicted molar refractivity (Wildman–Crippen MR) is 89.3 cm³/mol. The van der Waals surface area contributed by atoms with E-state index in [1.807, 2.05) is 25.1 Å². The molecular formula is C17H27ClN2O. The van der Waals surface area contributed by atoms with Crippen LogP contribution in [0.1, 0.15) is 45.1 Å². The van der Waals surface area contributed by atoms with Crippen LogP contribution in [0.3, 0.4) is 0 Å². The van der Waals surface area contributed by atoms with Gasteiger partial charge in [0.1, 0.15) is 0 Å². The van der Waals surface area contributed by atoms with Gasteiger partial charge in [-0.25, -0.2) is 0 Å². The lowest BCUT2D eigenvalue weighted by Gasteiger charge is -2.30. The van der Waals surface area contributed by atoms with Crippen molar-refractivity contribution >= 4 is 18.3 Å². The van der Waals surface area contributed by atoms with Gasteiger partial charge in [0.15, 0.2) is 0 Å². The van der Waals surface area contributed by atoms with Crippen molar-refractivity contribution in [3.8, 4) is 0 Å². The Kier molecular flexibility index (Phi) is 7.20. The highest BCUT2D eigenvalue weighted by Crippen LogP contribution is 2.36. The number of carbonyl (C=O) groups is 1. The minimum atomic E-state index is 0. The Morgan fingerprint density at radius 1 is 1.29 bits per heavy atom. The Bertz CT molecular complexity index is 432. The molecule has 4 heteroatoms. The summed E-state index contributed by atoms with van der Waals surface area (Å²) < 4.78 is 0. The summed E-state index contributed by atoms with van der Waals surface area (Å²) in [6, 6.07) is 10.7. The van der Waals surface area contributed by atoms with E-state index < -0.39 is 0 Å². The second-order valence-electron chi connectivity index (χ2n) is 6.10. The molecule has 1 amide bonds. The van der Waals surface area contributed by atoms with Gasteiger partial charge >= 0.3 is 0 Å². The van der Waals surface area contributed by atoms with E-state index in [9.17, 15) is 4.79 Å². The molecule has 0 aliphatic heterocycles. The average molecular weight is 311 g/mol. The Hall–Kier alpha value is -1.06. The molecule has 1 aromatic rings. The lowest BCUT2D eigenvalue weighted by atomic mass is 10.1. The van der Waals surface area contributed by atoms with Gasteiger partial charge in [-0.3, -0.25) is 4.79 Å². The van der Waals surface area contributed by atoms with Crippen molar-refractivity contribution < 1.29 is 4.79 Å². The number of nitrogens with two attached hydrogens (primary N) is 1. The summed E-state index contributed by atoms with van der Waals surface area (Å²) in [5.74, 6) is 0.934. The molecule has 0 aromatic heterocycles. The minimum absolute atomic E-state index is 0. The third-order valence-corrected chi connectivity index (χ3v) is 4.13. The van der Waals surface area contributed by atoms with Crippen LogP contribution in [-0.2, 0) is 11.3 Å². The maximum atomic E-state index is 12.5. The largest absolute Gasteiger partial charge is 0.335 e. The van der Waals surface area contributed by atoms with Gasteiger partial charge in [0, 0.05) is 25.0 Å². The first-order chi connectivity index (χ1) is 9.58. The average Bonchev–Trinajstić information content (AvgIpc) is 3.27. The molecule has 1 saturated carbocycles. The lowest BCUT2D eigenvalue weighted by Crippen LogP contribution is -2.39. The highest BCUT2D eigenvalue weighted by molar-refractivity contribution is 5.85. The monoisotopic (exact) mass is 310 g/mol. The molecular weight excluding hydrogens is 284 g/mol. The molecule has 0 heterocycles. The first-order valence-electron chi connectivity index (χ1n) is 7.67. The fraction of sp³-hybridized carbons (Fsp3) is 0.588. The molecule has 2 atom stereocenters. The van der Waals surface area contributed by atoms with Gasteiger partial charge in [-0.05, 0) is 44.6 Å². The second kappa shape index (κ2) is 8.40. The summed E-state index contributed by atoms with van der Waals surface area (Å²) in [6.45, 7) is 4.86. The Morgan fingerprint density at radius 3 is 2.43 bits per heavy atom. The highest BCUT2D eigenvalue weighted by atomic mass is 35.5. The van der Waals surface area contributed by atoms with Crippen molar-refractivity contribution in [1.29, 1.82) is 0 Å². The van der Waals surface area contributed by atoms with Crippen molar-refractivity contribution in [2.24, 2.45) is 11.7 Å². The number of hydrogen-bond acceptors (Lipinski definition) is 2. The zero-order chi connectivity index (χ0) is 14.5. The van der Waals surface area contributed by atoms with E-state index in [-0.39, 0.29) is 24.4 Å². The van der Waals surface area contributed by atoms with Crippen LogP contribution < -0.4 is 5.73 Å². The summed E-state index contributed by atoms with van der Waals surface area (Å²) in [6.07, 6.45) is 3.84. The zero-order valence-corrected chi connectivity index (χ0v) is 13.8. The van der Waals surface area contributed by atoms with E-state index in [4.69, 9.17) is 5.73 Å². The summed E-state index contributed by atoms with van der Waals surface area (Å²) >= 11 is 0. The summed E-state index contributed by atoms with van der Waals surface area (Å²) in [5.41, 5.74) is 6.97. The van der Waals surface area contributed by atoms with Gasteiger partial charge < -0.3 is 10.6 Å². The van der Waals surface area contributed by atoms with Crippen LogP contribution in [0, 0.1) is 5.92 Å². The predicted octanol–water partition coefficient (Wildman–Crippen LogP) is 3.36. The SMILES string of the molecule is CC(N)CCC(=O)N(Cc1ccccc1)C(C)C1CC1.Cl.